The highest BCUT2D eigenvalue weighted by Gasteiger charge is 2.18. The van der Waals surface area contributed by atoms with Crippen LogP contribution in [0, 0.1) is 0 Å². The van der Waals surface area contributed by atoms with E-state index in [1.165, 1.54) is 12.3 Å². The van der Waals surface area contributed by atoms with Crippen molar-refractivity contribution in [3.63, 3.8) is 0 Å². The second-order valence-corrected chi connectivity index (χ2v) is 5.98. The van der Waals surface area contributed by atoms with E-state index in [1.54, 1.807) is 30.3 Å². The first-order valence-electron chi connectivity index (χ1n) is 4.98. The van der Waals surface area contributed by atoms with Crippen molar-refractivity contribution in [3.05, 3.63) is 47.1 Å². The molecule has 0 aliphatic rings. The molecule has 0 aliphatic carbocycles. The first-order chi connectivity index (χ1) is 8.50. The van der Waals surface area contributed by atoms with Gasteiger partial charge in [0.1, 0.15) is 4.90 Å². The average Bonchev–Trinajstić information content (AvgIpc) is 2.32. The van der Waals surface area contributed by atoms with Gasteiger partial charge in [0, 0.05) is 10.7 Å². The predicted molar refractivity (Wildman–Crippen MR) is 73.6 cm³/mol. The SMILES string of the molecule is Nc1cccnc1NS(=O)(=O)c1ccccc1Br. The summed E-state index contributed by atoms with van der Waals surface area (Å²) in [4.78, 5) is 4.02. The van der Waals surface area contributed by atoms with Gasteiger partial charge in [-0.15, -0.1) is 0 Å². The molecular weight excluding hydrogens is 318 g/mol. The third-order valence-electron chi connectivity index (χ3n) is 2.20. The van der Waals surface area contributed by atoms with Gasteiger partial charge in [0.25, 0.3) is 10.0 Å². The van der Waals surface area contributed by atoms with Crippen LogP contribution in [0.4, 0.5) is 11.5 Å². The van der Waals surface area contributed by atoms with Gasteiger partial charge in [-0.1, -0.05) is 12.1 Å². The van der Waals surface area contributed by atoms with Crippen LogP contribution in [0.25, 0.3) is 0 Å². The first-order valence-corrected chi connectivity index (χ1v) is 7.26. The lowest BCUT2D eigenvalue weighted by Crippen LogP contribution is -2.15. The number of pyridine rings is 1. The third-order valence-corrected chi connectivity index (χ3v) is 4.55. The van der Waals surface area contributed by atoms with Gasteiger partial charge in [0.2, 0.25) is 0 Å². The molecule has 0 atom stereocenters. The Kier molecular flexibility index (Phi) is 3.53. The Bertz CT molecular complexity index is 673. The van der Waals surface area contributed by atoms with Gasteiger partial charge in [-0.2, -0.15) is 0 Å². The van der Waals surface area contributed by atoms with Gasteiger partial charge < -0.3 is 5.73 Å². The molecule has 0 saturated carbocycles. The van der Waals surface area contributed by atoms with E-state index in [4.69, 9.17) is 5.73 Å². The molecule has 0 saturated heterocycles. The molecule has 0 unspecified atom stereocenters. The van der Waals surface area contributed by atoms with E-state index in [1.807, 2.05) is 0 Å². The fourth-order valence-electron chi connectivity index (χ4n) is 1.35. The van der Waals surface area contributed by atoms with Gasteiger partial charge in [-0.05, 0) is 40.2 Å². The van der Waals surface area contributed by atoms with E-state index in [0.29, 0.717) is 4.47 Å². The number of aromatic nitrogens is 1. The number of hydrogen-bond donors (Lipinski definition) is 2. The number of nitrogens with two attached hydrogens (primary N) is 1. The quantitative estimate of drug-likeness (QED) is 0.905. The molecule has 7 heteroatoms. The van der Waals surface area contributed by atoms with Crippen LogP contribution in [-0.4, -0.2) is 13.4 Å². The zero-order valence-electron chi connectivity index (χ0n) is 9.17. The largest absolute Gasteiger partial charge is 0.396 e. The molecule has 0 amide bonds. The molecule has 0 fully saturated rings. The second kappa shape index (κ2) is 4.95. The number of nitrogens with zero attached hydrogens (tertiary/aromatic N) is 1. The van der Waals surface area contributed by atoms with E-state index in [2.05, 4.69) is 25.6 Å². The van der Waals surface area contributed by atoms with Gasteiger partial charge in [-0.3, -0.25) is 4.72 Å². The predicted octanol–water partition coefficient (Wildman–Crippen LogP) is 2.23. The number of sulfonamides is 1. The van der Waals surface area contributed by atoms with Crippen LogP contribution in [0.1, 0.15) is 0 Å². The molecule has 1 aromatic carbocycles. The van der Waals surface area contributed by atoms with Crippen molar-refractivity contribution in [2.24, 2.45) is 0 Å². The second-order valence-electron chi connectivity index (χ2n) is 3.48. The Morgan fingerprint density at radius 1 is 1.17 bits per heavy atom. The minimum atomic E-state index is -3.71. The van der Waals surface area contributed by atoms with Crippen LogP contribution in [-0.2, 0) is 10.0 Å². The number of rotatable bonds is 3. The number of anilines is 2. The molecular formula is C11H10BrN3O2S. The van der Waals surface area contributed by atoms with Crippen molar-refractivity contribution in [1.82, 2.24) is 4.98 Å². The average molecular weight is 328 g/mol. The van der Waals surface area contributed by atoms with Crippen LogP contribution in [0.2, 0.25) is 0 Å². The van der Waals surface area contributed by atoms with E-state index in [-0.39, 0.29) is 16.4 Å². The number of nitrogens with one attached hydrogen (secondary N) is 1. The van der Waals surface area contributed by atoms with Crippen molar-refractivity contribution < 1.29 is 8.42 Å². The lowest BCUT2D eigenvalue weighted by molar-refractivity contribution is 0.600. The summed E-state index contributed by atoms with van der Waals surface area (Å²) < 4.78 is 27.1. The highest BCUT2D eigenvalue weighted by atomic mass is 79.9. The molecule has 94 valence electrons. The van der Waals surface area contributed by atoms with Gasteiger partial charge in [0.05, 0.1) is 5.69 Å². The summed E-state index contributed by atoms with van der Waals surface area (Å²) in [6.07, 6.45) is 1.47. The highest BCUT2D eigenvalue weighted by Crippen LogP contribution is 2.24. The van der Waals surface area contributed by atoms with Crippen LogP contribution in [0.15, 0.2) is 52.0 Å². The molecule has 2 rings (SSSR count). The van der Waals surface area contributed by atoms with Crippen molar-refractivity contribution in [1.29, 1.82) is 0 Å². The Morgan fingerprint density at radius 3 is 2.56 bits per heavy atom. The summed E-state index contributed by atoms with van der Waals surface area (Å²) in [5, 5.41) is 0. The maximum absolute atomic E-state index is 12.1. The topological polar surface area (TPSA) is 85.1 Å². The normalized spacial score (nSPS) is 11.2. The lowest BCUT2D eigenvalue weighted by atomic mass is 10.4. The maximum Gasteiger partial charge on any atom is 0.264 e. The molecule has 0 aliphatic heterocycles. The zero-order valence-corrected chi connectivity index (χ0v) is 11.6. The van der Waals surface area contributed by atoms with Crippen LogP contribution < -0.4 is 10.5 Å². The monoisotopic (exact) mass is 327 g/mol. The van der Waals surface area contributed by atoms with Crippen LogP contribution in [0.5, 0.6) is 0 Å². The number of benzene rings is 1. The van der Waals surface area contributed by atoms with Crippen LogP contribution >= 0.6 is 15.9 Å². The summed E-state index contributed by atoms with van der Waals surface area (Å²) in [5.41, 5.74) is 5.91. The highest BCUT2D eigenvalue weighted by molar-refractivity contribution is 9.10. The first kappa shape index (κ1) is 12.8. The summed E-state index contributed by atoms with van der Waals surface area (Å²) in [6, 6.07) is 9.72. The van der Waals surface area contributed by atoms with E-state index < -0.39 is 10.0 Å². The summed E-state index contributed by atoms with van der Waals surface area (Å²) in [6.45, 7) is 0. The van der Waals surface area contributed by atoms with Crippen molar-refractivity contribution in [2.75, 3.05) is 10.5 Å². The fourth-order valence-corrected chi connectivity index (χ4v) is 3.39. The smallest absolute Gasteiger partial charge is 0.264 e. The molecule has 0 spiro atoms. The fraction of sp³-hybridized carbons (Fsp3) is 0. The van der Waals surface area contributed by atoms with Gasteiger partial charge >= 0.3 is 0 Å². The summed E-state index contributed by atoms with van der Waals surface area (Å²) in [7, 11) is -3.71. The number of hydrogen-bond acceptors (Lipinski definition) is 4. The molecule has 0 radical (unpaired) electrons. The Balaban J connectivity index is 2.40. The Labute approximate surface area is 113 Å². The molecule has 1 aromatic heterocycles. The van der Waals surface area contributed by atoms with E-state index in [9.17, 15) is 8.42 Å². The van der Waals surface area contributed by atoms with Crippen molar-refractivity contribution in [3.8, 4) is 0 Å². The van der Waals surface area contributed by atoms with E-state index >= 15 is 0 Å². The van der Waals surface area contributed by atoms with Crippen molar-refractivity contribution >= 4 is 37.5 Å². The summed E-state index contributed by atoms with van der Waals surface area (Å²) in [5.74, 6) is 0.119. The van der Waals surface area contributed by atoms with Crippen molar-refractivity contribution in [2.45, 2.75) is 4.90 Å². The Hall–Kier alpha value is -1.60. The molecule has 3 N–H and O–H groups in total. The maximum atomic E-state index is 12.1. The zero-order chi connectivity index (χ0) is 13.2. The molecule has 5 nitrogen and oxygen atoms in total. The molecule has 0 bridgehead atoms. The Morgan fingerprint density at radius 2 is 1.89 bits per heavy atom. The summed E-state index contributed by atoms with van der Waals surface area (Å²) >= 11 is 3.19. The van der Waals surface area contributed by atoms with Gasteiger partial charge in [0.15, 0.2) is 5.82 Å². The standard InChI is InChI=1S/C11H10BrN3O2S/c12-8-4-1-2-6-10(8)18(16,17)15-11-9(13)5-3-7-14-11/h1-7H,13H2,(H,14,15). The lowest BCUT2D eigenvalue weighted by Gasteiger charge is -2.10. The minimum absolute atomic E-state index is 0.119. The molecule has 1 heterocycles. The molecule has 18 heavy (non-hydrogen) atoms. The van der Waals surface area contributed by atoms with Crippen LogP contribution in [0.3, 0.4) is 0 Å². The third kappa shape index (κ3) is 2.62. The number of halogens is 1. The molecule has 2 aromatic rings. The number of nitrogen functional groups attached to an aromatic ring is 1. The van der Waals surface area contributed by atoms with E-state index in [0.717, 1.165) is 0 Å². The van der Waals surface area contributed by atoms with Gasteiger partial charge in [-0.25, -0.2) is 13.4 Å². The minimum Gasteiger partial charge on any atom is -0.396 e.